The number of nitrogens with zero attached hydrogens (tertiary/aromatic N) is 3. The minimum atomic E-state index is 0.389. The van der Waals surface area contributed by atoms with Crippen molar-refractivity contribution >= 4 is 11.5 Å². The molecule has 0 spiro atoms. The van der Waals surface area contributed by atoms with Gasteiger partial charge in [0, 0.05) is 44.0 Å². The summed E-state index contributed by atoms with van der Waals surface area (Å²) >= 11 is 0. The van der Waals surface area contributed by atoms with Crippen LogP contribution in [0.25, 0.3) is 0 Å². The van der Waals surface area contributed by atoms with E-state index in [-0.39, 0.29) is 0 Å². The third-order valence-corrected chi connectivity index (χ3v) is 5.08. The lowest BCUT2D eigenvalue weighted by Crippen LogP contribution is -2.46. The van der Waals surface area contributed by atoms with Crippen molar-refractivity contribution in [1.29, 1.82) is 0 Å². The Balaban J connectivity index is 1.33. The Labute approximate surface area is 170 Å². The number of aromatic nitrogens is 2. The second-order valence-corrected chi connectivity index (χ2v) is 6.91. The van der Waals surface area contributed by atoms with Gasteiger partial charge in [-0.1, -0.05) is 18.2 Å². The number of anilines is 2. The zero-order valence-electron chi connectivity index (χ0n) is 16.8. The molecule has 1 aromatic heterocycles. The summed E-state index contributed by atoms with van der Waals surface area (Å²) in [4.78, 5) is 4.70. The van der Waals surface area contributed by atoms with E-state index in [1.54, 1.807) is 14.2 Å². The molecule has 0 aliphatic carbocycles. The van der Waals surface area contributed by atoms with E-state index in [2.05, 4.69) is 44.3 Å². The summed E-state index contributed by atoms with van der Waals surface area (Å²) in [6.07, 6.45) is 0. The summed E-state index contributed by atoms with van der Waals surface area (Å²) in [5.74, 6) is 3.03. The fourth-order valence-corrected chi connectivity index (χ4v) is 3.48. The van der Waals surface area contributed by atoms with Crippen LogP contribution >= 0.6 is 0 Å². The molecule has 3 aromatic rings. The summed E-state index contributed by atoms with van der Waals surface area (Å²) in [5.41, 5.74) is 2.23. The van der Waals surface area contributed by atoms with Gasteiger partial charge in [-0.25, -0.2) is 0 Å². The van der Waals surface area contributed by atoms with E-state index in [0.717, 1.165) is 49.1 Å². The minimum absolute atomic E-state index is 0.389. The van der Waals surface area contributed by atoms with Gasteiger partial charge in [0.15, 0.2) is 0 Å². The minimum Gasteiger partial charge on any atom is -0.497 e. The third-order valence-electron chi connectivity index (χ3n) is 5.08. The van der Waals surface area contributed by atoms with Crippen LogP contribution in [0.1, 0.15) is 5.56 Å². The van der Waals surface area contributed by atoms with Crippen LogP contribution in [0.3, 0.4) is 0 Å². The van der Waals surface area contributed by atoms with Crippen LogP contribution in [-0.4, -0.2) is 50.6 Å². The molecule has 2 aromatic carbocycles. The van der Waals surface area contributed by atoms with Crippen molar-refractivity contribution in [3.8, 4) is 17.4 Å². The van der Waals surface area contributed by atoms with Crippen molar-refractivity contribution in [2.75, 3.05) is 50.2 Å². The van der Waals surface area contributed by atoms with Gasteiger partial charge in [-0.2, -0.15) is 0 Å². The Morgan fingerprint density at radius 2 is 1.52 bits per heavy atom. The van der Waals surface area contributed by atoms with Crippen molar-refractivity contribution < 1.29 is 14.2 Å². The maximum absolute atomic E-state index is 5.86. The standard InChI is InChI=1S/C22H26N4O3/c1-27-19-12-17(13-20(14-19)28-2)16-29-22-15-21(23-24-22)26-10-8-25(9-11-26)18-6-4-3-5-7-18/h3-7,12-15H,8-11,16H2,1-2H3,(H,23,24). The highest BCUT2D eigenvalue weighted by Gasteiger charge is 2.19. The molecule has 7 nitrogen and oxygen atoms in total. The lowest BCUT2D eigenvalue weighted by atomic mass is 10.2. The number of aromatic amines is 1. The van der Waals surface area contributed by atoms with Crippen molar-refractivity contribution in [1.82, 2.24) is 10.2 Å². The van der Waals surface area contributed by atoms with E-state index in [1.165, 1.54) is 5.69 Å². The highest BCUT2D eigenvalue weighted by molar-refractivity contribution is 5.49. The predicted octanol–water partition coefficient (Wildman–Crippen LogP) is 3.33. The number of rotatable bonds is 7. The molecule has 1 aliphatic rings. The summed E-state index contributed by atoms with van der Waals surface area (Å²) in [5, 5.41) is 7.40. The summed E-state index contributed by atoms with van der Waals surface area (Å²) in [7, 11) is 3.27. The Morgan fingerprint density at radius 3 is 2.17 bits per heavy atom. The van der Waals surface area contributed by atoms with Gasteiger partial charge in [0.1, 0.15) is 23.9 Å². The molecule has 0 unspecified atom stereocenters. The highest BCUT2D eigenvalue weighted by atomic mass is 16.5. The third kappa shape index (κ3) is 4.56. The SMILES string of the molecule is COc1cc(COc2cc(N3CCN(c4ccccc4)CC3)[nH]n2)cc(OC)c1. The summed E-state index contributed by atoms with van der Waals surface area (Å²) in [6, 6.07) is 18.2. The van der Waals surface area contributed by atoms with Crippen LogP contribution in [0.2, 0.25) is 0 Å². The first-order valence-electron chi connectivity index (χ1n) is 9.70. The monoisotopic (exact) mass is 394 g/mol. The normalized spacial score (nSPS) is 14.0. The Kier molecular flexibility index (Phi) is 5.74. The Bertz CT molecular complexity index is 899. The van der Waals surface area contributed by atoms with Gasteiger partial charge >= 0.3 is 0 Å². The summed E-state index contributed by atoms with van der Waals surface area (Å²) < 4.78 is 16.5. The molecule has 29 heavy (non-hydrogen) atoms. The van der Waals surface area contributed by atoms with Gasteiger partial charge in [-0.15, -0.1) is 5.10 Å². The number of hydrogen-bond donors (Lipinski definition) is 1. The van der Waals surface area contributed by atoms with Gasteiger partial charge in [-0.05, 0) is 29.8 Å². The zero-order valence-corrected chi connectivity index (χ0v) is 16.8. The van der Waals surface area contributed by atoms with Crippen LogP contribution < -0.4 is 24.0 Å². The number of methoxy groups -OCH3 is 2. The van der Waals surface area contributed by atoms with Crippen molar-refractivity contribution in [2.45, 2.75) is 6.61 Å². The molecule has 1 fully saturated rings. The lowest BCUT2D eigenvalue weighted by Gasteiger charge is -2.36. The van der Waals surface area contributed by atoms with E-state index < -0.39 is 0 Å². The van der Waals surface area contributed by atoms with Crippen LogP contribution in [-0.2, 0) is 6.61 Å². The molecule has 2 heterocycles. The Morgan fingerprint density at radius 1 is 0.862 bits per heavy atom. The topological polar surface area (TPSA) is 62.9 Å². The number of ether oxygens (including phenoxy) is 3. The molecule has 152 valence electrons. The number of H-pyrrole nitrogens is 1. The van der Waals surface area contributed by atoms with Gasteiger partial charge < -0.3 is 24.0 Å². The number of piperazine rings is 1. The molecule has 0 bridgehead atoms. The molecule has 1 aliphatic heterocycles. The van der Waals surface area contributed by atoms with Gasteiger partial charge in [0.25, 0.3) is 0 Å². The molecule has 1 saturated heterocycles. The van der Waals surface area contributed by atoms with Crippen LogP contribution in [0.4, 0.5) is 11.5 Å². The van der Waals surface area contributed by atoms with Gasteiger partial charge in [0.2, 0.25) is 5.88 Å². The fraction of sp³-hybridized carbons (Fsp3) is 0.318. The van der Waals surface area contributed by atoms with Crippen molar-refractivity contribution in [2.24, 2.45) is 0 Å². The molecule has 7 heteroatoms. The number of nitrogens with one attached hydrogen (secondary N) is 1. The fourth-order valence-electron chi connectivity index (χ4n) is 3.48. The molecule has 0 saturated carbocycles. The first-order chi connectivity index (χ1) is 14.2. The molecular formula is C22H26N4O3. The quantitative estimate of drug-likeness (QED) is 0.663. The smallest absolute Gasteiger partial charge is 0.235 e. The second kappa shape index (κ2) is 8.77. The molecule has 4 rings (SSSR count). The van der Waals surface area contributed by atoms with E-state index >= 15 is 0 Å². The van der Waals surface area contributed by atoms with Gasteiger partial charge in [0.05, 0.1) is 14.2 Å². The molecule has 0 radical (unpaired) electrons. The maximum atomic E-state index is 5.86. The zero-order chi connectivity index (χ0) is 20.1. The Hall–Kier alpha value is -3.35. The van der Waals surface area contributed by atoms with E-state index in [1.807, 2.05) is 30.3 Å². The number of benzene rings is 2. The number of para-hydroxylation sites is 1. The van der Waals surface area contributed by atoms with Crippen LogP contribution in [0.15, 0.2) is 54.6 Å². The summed E-state index contributed by atoms with van der Waals surface area (Å²) in [6.45, 7) is 4.21. The number of hydrogen-bond acceptors (Lipinski definition) is 6. The van der Waals surface area contributed by atoms with Gasteiger partial charge in [-0.3, -0.25) is 5.10 Å². The van der Waals surface area contributed by atoms with Crippen LogP contribution in [0, 0.1) is 0 Å². The average molecular weight is 394 g/mol. The maximum Gasteiger partial charge on any atom is 0.235 e. The van der Waals surface area contributed by atoms with E-state index in [4.69, 9.17) is 14.2 Å². The van der Waals surface area contributed by atoms with E-state index in [9.17, 15) is 0 Å². The highest BCUT2D eigenvalue weighted by Crippen LogP contribution is 2.25. The first-order valence-corrected chi connectivity index (χ1v) is 9.70. The molecule has 0 atom stereocenters. The largest absolute Gasteiger partial charge is 0.497 e. The molecular weight excluding hydrogens is 368 g/mol. The molecule has 1 N–H and O–H groups in total. The molecule has 0 amide bonds. The van der Waals surface area contributed by atoms with Crippen LogP contribution in [0.5, 0.6) is 17.4 Å². The lowest BCUT2D eigenvalue weighted by molar-refractivity contribution is 0.291. The predicted molar refractivity (Wildman–Crippen MR) is 113 cm³/mol. The van der Waals surface area contributed by atoms with Crippen molar-refractivity contribution in [3.05, 3.63) is 60.2 Å². The average Bonchev–Trinajstić information content (AvgIpc) is 3.27. The second-order valence-electron chi connectivity index (χ2n) is 6.91. The first kappa shape index (κ1) is 19.0. The van der Waals surface area contributed by atoms with Crippen molar-refractivity contribution in [3.63, 3.8) is 0 Å². The van der Waals surface area contributed by atoms with E-state index in [0.29, 0.717) is 12.5 Å².